The van der Waals surface area contributed by atoms with Gasteiger partial charge in [0.25, 0.3) is 0 Å². The highest BCUT2D eigenvalue weighted by atomic mass is 16.4. The second-order valence-corrected chi connectivity index (χ2v) is 3.34. The van der Waals surface area contributed by atoms with E-state index < -0.39 is 5.97 Å². The lowest BCUT2D eigenvalue weighted by Gasteiger charge is -2.15. The Hall–Kier alpha value is -1.30. The number of aliphatic carboxylic acids is 1. The largest absolute Gasteiger partial charge is 0.480 e. The van der Waals surface area contributed by atoms with Gasteiger partial charge in [0.2, 0.25) is 0 Å². The third-order valence-corrected chi connectivity index (χ3v) is 2.22. The molecular weight excluding hydrogens is 188 g/mol. The SMILES string of the molecule is O=C(O)CNC(=O)N1CCC(CO)C1. The van der Waals surface area contributed by atoms with E-state index in [1.54, 1.807) is 0 Å². The number of aliphatic hydroxyl groups is 1. The first-order chi connectivity index (χ1) is 6.63. The first-order valence-corrected chi connectivity index (χ1v) is 4.49. The maximum absolute atomic E-state index is 11.3. The van der Waals surface area contributed by atoms with Crippen LogP contribution in [0.4, 0.5) is 4.79 Å². The number of rotatable bonds is 3. The van der Waals surface area contributed by atoms with Gasteiger partial charge in [0.15, 0.2) is 0 Å². The van der Waals surface area contributed by atoms with Gasteiger partial charge < -0.3 is 20.4 Å². The molecule has 1 heterocycles. The average Bonchev–Trinajstić information content (AvgIpc) is 2.62. The monoisotopic (exact) mass is 202 g/mol. The quantitative estimate of drug-likeness (QED) is 0.553. The normalized spacial score (nSPS) is 20.9. The molecule has 1 rings (SSSR count). The summed E-state index contributed by atoms with van der Waals surface area (Å²) in [4.78, 5) is 23.0. The van der Waals surface area contributed by atoms with E-state index in [0.29, 0.717) is 13.1 Å². The molecule has 6 nitrogen and oxygen atoms in total. The number of carboxylic acid groups (broad SMARTS) is 1. The van der Waals surface area contributed by atoms with E-state index in [9.17, 15) is 9.59 Å². The minimum atomic E-state index is -1.06. The Morgan fingerprint density at radius 2 is 2.21 bits per heavy atom. The van der Waals surface area contributed by atoms with Crippen LogP contribution in [0.2, 0.25) is 0 Å². The van der Waals surface area contributed by atoms with Crippen LogP contribution in [0.5, 0.6) is 0 Å². The van der Waals surface area contributed by atoms with Crippen LogP contribution in [0.25, 0.3) is 0 Å². The van der Waals surface area contributed by atoms with E-state index in [0.717, 1.165) is 6.42 Å². The second kappa shape index (κ2) is 4.80. The van der Waals surface area contributed by atoms with Crippen molar-refractivity contribution in [2.45, 2.75) is 6.42 Å². The first-order valence-electron chi connectivity index (χ1n) is 4.49. The van der Waals surface area contributed by atoms with E-state index in [4.69, 9.17) is 10.2 Å². The molecule has 0 aliphatic carbocycles. The molecule has 14 heavy (non-hydrogen) atoms. The minimum Gasteiger partial charge on any atom is -0.480 e. The summed E-state index contributed by atoms with van der Waals surface area (Å²) < 4.78 is 0. The molecule has 2 amide bonds. The molecule has 0 aromatic rings. The molecule has 1 aliphatic rings. The first kappa shape index (κ1) is 10.8. The summed E-state index contributed by atoms with van der Waals surface area (Å²) in [7, 11) is 0. The van der Waals surface area contributed by atoms with Crippen molar-refractivity contribution in [2.75, 3.05) is 26.2 Å². The molecule has 6 heteroatoms. The van der Waals surface area contributed by atoms with Crippen molar-refractivity contribution >= 4 is 12.0 Å². The Kier molecular flexibility index (Phi) is 3.70. The van der Waals surface area contributed by atoms with Crippen molar-refractivity contribution in [1.29, 1.82) is 0 Å². The predicted molar refractivity (Wildman–Crippen MR) is 47.8 cm³/mol. The van der Waals surface area contributed by atoms with Gasteiger partial charge in [-0.15, -0.1) is 0 Å². The number of hydrogen-bond donors (Lipinski definition) is 3. The Labute approximate surface area is 81.5 Å². The smallest absolute Gasteiger partial charge is 0.323 e. The Morgan fingerprint density at radius 3 is 2.71 bits per heavy atom. The van der Waals surface area contributed by atoms with Crippen molar-refractivity contribution in [3.05, 3.63) is 0 Å². The lowest BCUT2D eigenvalue weighted by molar-refractivity contribution is -0.135. The number of nitrogens with one attached hydrogen (secondary N) is 1. The summed E-state index contributed by atoms with van der Waals surface area (Å²) in [5, 5.41) is 19.4. The maximum atomic E-state index is 11.3. The van der Waals surface area contributed by atoms with Crippen LogP contribution in [0.15, 0.2) is 0 Å². The summed E-state index contributed by atoms with van der Waals surface area (Å²) in [6.45, 7) is 0.792. The fraction of sp³-hybridized carbons (Fsp3) is 0.750. The zero-order valence-electron chi connectivity index (χ0n) is 7.77. The van der Waals surface area contributed by atoms with Crippen LogP contribution in [-0.2, 0) is 4.79 Å². The van der Waals surface area contributed by atoms with Crippen LogP contribution >= 0.6 is 0 Å². The van der Waals surface area contributed by atoms with Crippen molar-refractivity contribution in [3.8, 4) is 0 Å². The van der Waals surface area contributed by atoms with Gasteiger partial charge in [0.05, 0.1) is 0 Å². The van der Waals surface area contributed by atoms with Gasteiger partial charge in [-0.1, -0.05) is 0 Å². The van der Waals surface area contributed by atoms with Gasteiger partial charge in [0.1, 0.15) is 6.54 Å². The molecule has 1 atom stereocenters. The average molecular weight is 202 g/mol. The fourth-order valence-corrected chi connectivity index (χ4v) is 1.43. The van der Waals surface area contributed by atoms with E-state index >= 15 is 0 Å². The van der Waals surface area contributed by atoms with E-state index in [1.807, 2.05) is 0 Å². The molecule has 0 aromatic heterocycles. The summed E-state index contributed by atoms with van der Waals surface area (Å²) in [5.74, 6) is -0.929. The highest BCUT2D eigenvalue weighted by Crippen LogP contribution is 2.14. The molecule has 3 N–H and O–H groups in total. The molecule has 0 aromatic carbocycles. The van der Waals surface area contributed by atoms with E-state index in [-0.39, 0.29) is 25.1 Å². The summed E-state index contributed by atoms with van der Waals surface area (Å²) in [6.07, 6.45) is 0.775. The van der Waals surface area contributed by atoms with Crippen molar-refractivity contribution in [1.82, 2.24) is 10.2 Å². The van der Waals surface area contributed by atoms with Crippen molar-refractivity contribution in [3.63, 3.8) is 0 Å². The molecule has 0 spiro atoms. The highest BCUT2D eigenvalue weighted by molar-refractivity contribution is 5.80. The molecule has 1 aliphatic heterocycles. The third kappa shape index (κ3) is 2.88. The summed E-state index contributed by atoms with van der Waals surface area (Å²) in [6, 6.07) is -0.372. The Bertz CT molecular complexity index is 231. The number of urea groups is 1. The topological polar surface area (TPSA) is 89.9 Å². The molecule has 0 bridgehead atoms. The van der Waals surface area contributed by atoms with Crippen LogP contribution in [0.3, 0.4) is 0 Å². The van der Waals surface area contributed by atoms with Gasteiger partial charge in [-0.3, -0.25) is 4.79 Å². The standard InChI is InChI=1S/C8H14N2O4/c11-5-6-1-2-10(4-6)8(14)9-3-7(12)13/h6,11H,1-5H2,(H,9,14)(H,12,13). The number of likely N-dealkylation sites (tertiary alicyclic amines) is 1. The number of hydrogen-bond acceptors (Lipinski definition) is 3. The summed E-state index contributed by atoms with van der Waals surface area (Å²) >= 11 is 0. The predicted octanol–water partition coefficient (Wildman–Crippen LogP) is -0.905. The van der Waals surface area contributed by atoms with Crippen LogP contribution in [0.1, 0.15) is 6.42 Å². The zero-order chi connectivity index (χ0) is 10.6. The number of carbonyl (C=O) groups excluding carboxylic acids is 1. The summed E-state index contributed by atoms with van der Waals surface area (Å²) in [5.41, 5.74) is 0. The molecule has 0 radical (unpaired) electrons. The number of amides is 2. The molecule has 0 saturated carbocycles. The number of carboxylic acids is 1. The van der Waals surface area contributed by atoms with Crippen molar-refractivity contribution < 1.29 is 19.8 Å². The lowest BCUT2D eigenvalue weighted by Crippen LogP contribution is -2.40. The van der Waals surface area contributed by atoms with Crippen LogP contribution in [-0.4, -0.2) is 53.4 Å². The fourth-order valence-electron chi connectivity index (χ4n) is 1.43. The minimum absolute atomic E-state index is 0.0721. The second-order valence-electron chi connectivity index (χ2n) is 3.34. The Balaban J connectivity index is 2.28. The lowest BCUT2D eigenvalue weighted by atomic mass is 10.1. The van der Waals surface area contributed by atoms with Gasteiger partial charge >= 0.3 is 12.0 Å². The van der Waals surface area contributed by atoms with Gasteiger partial charge in [-0.2, -0.15) is 0 Å². The highest BCUT2D eigenvalue weighted by Gasteiger charge is 2.25. The molecule has 1 fully saturated rings. The number of nitrogens with zero attached hydrogens (tertiary/aromatic N) is 1. The van der Waals surface area contributed by atoms with Gasteiger partial charge in [-0.05, 0) is 6.42 Å². The maximum Gasteiger partial charge on any atom is 0.323 e. The zero-order valence-corrected chi connectivity index (χ0v) is 7.77. The van der Waals surface area contributed by atoms with Gasteiger partial charge in [-0.25, -0.2) is 4.79 Å². The molecule has 1 saturated heterocycles. The molecular formula is C8H14N2O4. The van der Waals surface area contributed by atoms with Crippen LogP contribution < -0.4 is 5.32 Å². The van der Waals surface area contributed by atoms with E-state index in [1.165, 1.54) is 4.90 Å². The van der Waals surface area contributed by atoms with E-state index in [2.05, 4.69) is 5.32 Å². The molecule has 1 unspecified atom stereocenters. The number of aliphatic hydroxyl groups excluding tert-OH is 1. The van der Waals surface area contributed by atoms with Gasteiger partial charge in [0, 0.05) is 25.6 Å². The number of carbonyl (C=O) groups is 2. The Morgan fingerprint density at radius 1 is 1.50 bits per heavy atom. The van der Waals surface area contributed by atoms with Crippen LogP contribution in [0, 0.1) is 5.92 Å². The van der Waals surface area contributed by atoms with Crippen molar-refractivity contribution in [2.24, 2.45) is 5.92 Å². The third-order valence-electron chi connectivity index (χ3n) is 2.22. The molecule has 80 valence electrons.